The van der Waals surface area contributed by atoms with Crippen LogP contribution in [0.3, 0.4) is 0 Å². The van der Waals surface area contributed by atoms with Gasteiger partial charge in [-0.05, 0) is 36.4 Å². The van der Waals surface area contributed by atoms with Crippen LogP contribution >= 0.6 is 23.1 Å². The van der Waals surface area contributed by atoms with Crippen LogP contribution < -0.4 is 4.74 Å². The molecule has 132 valence electrons. The fourth-order valence-electron chi connectivity index (χ4n) is 2.12. The van der Waals surface area contributed by atoms with Crippen LogP contribution in [0.1, 0.15) is 9.67 Å². The molecule has 0 saturated carbocycles. The third kappa shape index (κ3) is 4.22. The topological polar surface area (TPSA) is 78.7 Å². The lowest BCUT2D eigenvalue weighted by molar-refractivity contribution is -0.382. The monoisotopic (exact) mass is 387 g/mol. The molecule has 0 saturated heterocycles. The Morgan fingerprint density at radius 3 is 2.50 bits per heavy atom. The molecular formula is C18H13NO5S2. The van der Waals surface area contributed by atoms with E-state index in [2.05, 4.69) is 4.74 Å². The molecule has 26 heavy (non-hydrogen) atoms. The molecule has 2 aromatic carbocycles. The van der Waals surface area contributed by atoms with Crippen LogP contribution in [0.4, 0.5) is 5.00 Å². The van der Waals surface area contributed by atoms with Crippen LogP contribution in [-0.4, -0.2) is 18.0 Å². The molecule has 8 heteroatoms. The van der Waals surface area contributed by atoms with E-state index in [1.807, 2.05) is 36.4 Å². The molecular weight excluding hydrogens is 374 g/mol. The van der Waals surface area contributed by atoms with Gasteiger partial charge in [0.15, 0.2) is 0 Å². The molecule has 6 nitrogen and oxygen atoms in total. The van der Waals surface area contributed by atoms with Crippen molar-refractivity contribution < 1.29 is 19.2 Å². The van der Waals surface area contributed by atoms with E-state index in [0.29, 0.717) is 16.4 Å². The molecule has 0 aliphatic carbocycles. The van der Waals surface area contributed by atoms with Gasteiger partial charge in [0.05, 0.1) is 12.0 Å². The van der Waals surface area contributed by atoms with Crippen molar-refractivity contribution in [2.45, 2.75) is 9.79 Å². The van der Waals surface area contributed by atoms with Crippen molar-refractivity contribution in [1.29, 1.82) is 0 Å². The summed E-state index contributed by atoms with van der Waals surface area (Å²) in [5.41, 5.74) is 0. The zero-order chi connectivity index (χ0) is 18.5. The first-order valence-corrected chi connectivity index (χ1v) is 9.07. The van der Waals surface area contributed by atoms with E-state index >= 15 is 0 Å². The Labute approximate surface area is 157 Å². The highest BCUT2D eigenvalue weighted by atomic mass is 32.2. The second-order valence-electron chi connectivity index (χ2n) is 5.02. The molecule has 3 aromatic rings. The highest BCUT2D eigenvalue weighted by Gasteiger charge is 2.24. The van der Waals surface area contributed by atoms with Crippen molar-refractivity contribution in [2.75, 3.05) is 7.11 Å². The second-order valence-corrected chi connectivity index (χ2v) is 7.17. The second kappa shape index (κ2) is 8.03. The Hall–Kier alpha value is -2.84. The van der Waals surface area contributed by atoms with Crippen LogP contribution in [-0.2, 0) is 4.74 Å². The SMILES string of the molecule is COC(=O)c1cc(Sc2cccc(Oc3ccccc3)c2)c([N+](=O)[O-])s1. The van der Waals surface area contributed by atoms with Crippen molar-refractivity contribution >= 4 is 34.1 Å². The fraction of sp³-hybridized carbons (Fsp3) is 0.0556. The summed E-state index contributed by atoms with van der Waals surface area (Å²) < 4.78 is 10.4. The first kappa shape index (κ1) is 18.0. The Bertz CT molecular complexity index is 940. The zero-order valence-corrected chi connectivity index (χ0v) is 15.2. The Kier molecular flexibility index (Phi) is 5.55. The van der Waals surface area contributed by atoms with E-state index in [4.69, 9.17) is 4.74 Å². The standard InChI is InChI=1S/C18H13NO5S2/c1-23-18(20)16-11-15(17(26-16)19(21)22)25-14-9-5-8-13(10-14)24-12-6-3-2-4-7-12/h2-11H,1H3. The molecule has 0 N–H and O–H groups in total. The summed E-state index contributed by atoms with van der Waals surface area (Å²) >= 11 is 2.00. The van der Waals surface area contributed by atoms with Gasteiger partial charge in [0, 0.05) is 4.90 Å². The van der Waals surface area contributed by atoms with Gasteiger partial charge < -0.3 is 9.47 Å². The molecule has 0 fully saturated rings. The summed E-state index contributed by atoms with van der Waals surface area (Å²) in [5.74, 6) is 0.725. The van der Waals surface area contributed by atoms with Crippen LogP contribution in [0.15, 0.2) is 70.5 Å². The molecule has 1 heterocycles. The maximum Gasteiger partial charge on any atom is 0.348 e. The smallest absolute Gasteiger partial charge is 0.348 e. The van der Waals surface area contributed by atoms with Gasteiger partial charge in [0.1, 0.15) is 21.3 Å². The van der Waals surface area contributed by atoms with Gasteiger partial charge in [-0.2, -0.15) is 0 Å². The molecule has 0 amide bonds. The van der Waals surface area contributed by atoms with E-state index in [1.54, 1.807) is 18.2 Å². The maximum absolute atomic E-state index is 11.6. The molecule has 3 rings (SSSR count). The van der Waals surface area contributed by atoms with Gasteiger partial charge in [-0.25, -0.2) is 4.79 Å². The molecule has 0 spiro atoms. The molecule has 0 radical (unpaired) electrons. The number of methoxy groups -OCH3 is 1. The van der Waals surface area contributed by atoms with Gasteiger partial charge >= 0.3 is 11.0 Å². The summed E-state index contributed by atoms with van der Waals surface area (Å²) in [6.45, 7) is 0. The highest BCUT2D eigenvalue weighted by Crippen LogP contribution is 2.42. The Morgan fingerprint density at radius 2 is 1.81 bits per heavy atom. The lowest BCUT2D eigenvalue weighted by atomic mass is 10.3. The first-order chi connectivity index (χ1) is 12.6. The third-order valence-corrected chi connectivity index (χ3v) is 5.46. The van der Waals surface area contributed by atoms with E-state index in [0.717, 1.165) is 16.2 Å². The molecule has 0 unspecified atom stereocenters. The molecule has 0 atom stereocenters. The van der Waals surface area contributed by atoms with Crippen molar-refractivity contribution in [3.8, 4) is 11.5 Å². The number of esters is 1. The van der Waals surface area contributed by atoms with E-state index in [-0.39, 0.29) is 9.88 Å². The van der Waals surface area contributed by atoms with Crippen molar-refractivity contribution in [2.24, 2.45) is 0 Å². The van der Waals surface area contributed by atoms with E-state index < -0.39 is 10.9 Å². The van der Waals surface area contributed by atoms with Gasteiger partial charge in [0.25, 0.3) is 0 Å². The van der Waals surface area contributed by atoms with Gasteiger partial charge in [-0.15, -0.1) is 0 Å². The average Bonchev–Trinajstić information content (AvgIpc) is 3.06. The zero-order valence-electron chi connectivity index (χ0n) is 13.6. The van der Waals surface area contributed by atoms with Crippen LogP contribution in [0, 0.1) is 10.1 Å². The number of hydrogen-bond donors (Lipinski definition) is 0. The number of benzene rings is 2. The lowest BCUT2D eigenvalue weighted by Crippen LogP contribution is -1.96. The number of rotatable bonds is 6. The normalized spacial score (nSPS) is 10.3. The summed E-state index contributed by atoms with van der Waals surface area (Å²) in [7, 11) is 1.24. The van der Waals surface area contributed by atoms with Crippen LogP contribution in [0.25, 0.3) is 0 Å². The van der Waals surface area contributed by atoms with Crippen molar-refractivity contribution in [3.05, 3.63) is 75.7 Å². The largest absolute Gasteiger partial charge is 0.465 e. The van der Waals surface area contributed by atoms with Gasteiger partial charge in [0.2, 0.25) is 0 Å². The fourth-order valence-corrected chi connectivity index (χ4v) is 4.14. The lowest BCUT2D eigenvalue weighted by Gasteiger charge is -2.07. The van der Waals surface area contributed by atoms with Gasteiger partial charge in [-0.3, -0.25) is 10.1 Å². The van der Waals surface area contributed by atoms with Crippen molar-refractivity contribution in [3.63, 3.8) is 0 Å². The number of carbonyl (C=O) groups excluding carboxylic acids is 1. The molecule has 0 aliphatic rings. The highest BCUT2D eigenvalue weighted by molar-refractivity contribution is 7.99. The molecule has 0 bridgehead atoms. The van der Waals surface area contributed by atoms with Crippen LogP contribution in [0.2, 0.25) is 0 Å². The predicted molar refractivity (Wildman–Crippen MR) is 99.4 cm³/mol. The first-order valence-electron chi connectivity index (χ1n) is 7.44. The Morgan fingerprint density at radius 1 is 1.08 bits per heavy atom. The quantitative estimate of drug-likeness (QED) is 0.321. The van der Waals surface area contributed by atoms with E-state index in [1.165, 1.54) is 24.9 Å². The number of nitro groups is 1. The summed E-state index contributed by atoms with van der Waals surface area (Å²) in [4.78, 5) is 23.8. The number of ether oxygens (including phenoxy) is 2. The maximum atomic E-state index is 11.6. The number of hydrogen-bond acceptors (Lipinski definition) is 7. The number of para-hydroxylation sites is 1. The minimum atomic E-state index is -0.592. The number of carbonyl (C=O) groups is 1. The minimum absolute atomic E-state index is 0.0928. The molecule has 1 aromatic heterocycles. The number of thiophene rings is 1. The minimum Gasteiger partial charge on any atom is -0.465 e. The summed E-state index contributed by atoms with van der Waals surface area (Å²) in [6.07, 6.45) is 0. The average molecular weight is 387 g/mol. The summed E-state index contributed by atoms with van der Waals surface area (Å²) in [6, 6.07) is 18.0. The summed E-state index contributed by atoms with van der Waals surface area (Å²) in [5, 5.41) is 11.2. The van der Waals surface area contributed by atoms with Crippen LogP contribution in [0.5, 0.6) is 11.5 Å². The predicted octanol–water partition coefficient (Wildman–Crippen LogP) is 5.39. The van der Waals surface area contributed by atoms with E-state index in [9.17, 15) is 14.9 Å². The van der Waals surface area contributed by atoms with Gasteiger partial charge in [-0.1, -0.05) is 47.4 Å². The Balaban J connectivity index is 1.85. The van der Waals surface area contributed by atoms with Crippen molar-refractivity contribution in [1.82, 2.24) is 0 Å². The number of nitrogens with zero attached hydrogens (tertiary/aromatic N) is 1. The molecule has 0 aliphatic heterocycles. The third-order valence-electron chi connectivity index (χ3n) is 3.24.